The molecule has 1 aromatic heterocycles. The van der Waals surface area contributed by atoms with Crippen molar-refractivity contribution in [1.82, 2.24) is 9.80 Å². The van der Waals surface area contributed by atoms with Crippen molar-refractivity contribution in [2.24, 2.45) is 0 Å². The lowest BCUT2D eigenvalue weighted by atomic mass is 9.99. The number of carbonyl (C=O) groups is 2. The van der Waals surface area contributed by atoms with Gasteiger partial charge in [0.15, 0.2) is 0 Å². The van der Waals surface area contributed by atoms with Crippen LogP contribution >= 0.6 is 11.3 Å². The topological polar surface area (TPSA) is 49.9 Å². The van der Waals surface area contributed by atoms with Crippen LogP contribution in [0.4, 0.5) is 4.79 Å². The van der Waals surface area contributed by atoms with E-state index in [4.69, 9.17) is 4.74 Å². The van der Waals surface area contributed by atoms with E-state index < -0.39 is 0 Å². The Morgan fingerprint density at radius 1 is 1.19 bits per heavy atom. The van der Waals surface area contributed by atoms with Gasteiger partial charge in [-0.15, -0.1) is 11.3 Å². The summed E-state index contributed by atoms with van der Waals surface area (Å²) >= 11 is 1.51. The normalized spacial score (nSPS) is 24.7. The Bertz CT molecular complexity index is 900. The van der Waals surface area contributed by atoms with Gasteiger partial charge in [0, 0.05) is 25.6 Å². The quantitative estimate of drug-likeness (QED) is 0.794. The molecule has 3 heterocycles. The number of aryl methyl sites for hydroxylation is 1. The maximum absolute atomic E-state index is 12.8. The third-order valence-corrected chi connectivity index (χ3v) is 7.12. The van der Waals surface area contributed by atoms with Crippen LogP contribution in [0.15, 0.2) is 35.7 Å². The SMILES string of the molecule is Cc1ccsc1C(=O)N1CCC(N2C(=O)OC3Cc4ccccc4C32)CC1. The number of thiophene rings is 1. The molecule has 2 amide bonds. The number of rotatable bonds is 2. The molecule has 5 rings (SSSR count). The van der Waals surface area contributed by atoms with Gasteiger partial charge in [-0.25, -0.2) is 4.79 Å². The van der Waals surface area contributed by atoms with Gasteiger partial charge in [-0.2, -0.15) is 0 Å². The second kappa shape index (κ2) is 6.37. The summed E-state index contributed by atoms with van der Waals surface area (Å²) in [5.74, 6) is 0.119. The van der Waals surface area contributed by atoms with Crippen molar-refractivity contribution in [3.63, 3.8) is 0 Å². The van der Waals surface area contributed by atoms with E-state index in [2.05, 4.69) is 12.1 Å². The summed E-state index contributed by atoms with van der Waals surface area (Å²) in [6.07, 6.45) is 2.15. The van der Waals surface area contributed by atoms with E-state index in [1.54, 1.807) is 0 Å². The summed E-state index contributed by atoms with van der Waals surface area (Å²) in [6.45, 7) is 3.35. The van der Waals surface area contributed by atoms with E-state index in [9.17, 15) is 9.59 Å². The second-order valence-corrected chi connectivity index (χ2v) is 8.55. The third kappa shape index (κ3) is 2.65. The van der Waals surface area contributed by atoms with Crippen molar-refractivity contribution < 1.29 is 14.3 Å². The Kier molecular flexibility index (Phi) is 3.97. The minimum Gasteiger partial charge on any atom is -0.443 e. The maximum atomic E-state index is 12.8. The first kappa shape index (κ1) is 16.8. The number of hydrogen-bond acceptors (Lipinski definition) is 4. The number of nitrogens with zero attached hydrogens (tertiary/aromatic N) is 2. The fourth-order valence-electron chi connectivity index (χ4n) is 4.74. The Morgan fingerprint density at radius 2 is 1.96 bits per heavy atom. The summed E-state index contributed by atoms with van der Waals surface area (Å²) in [7, 11) is 0. The van der Waals surface area contributed by atoms with Crippen LogP contribution in [0.2, 0.25) is 0 Å². The van der Waals surface area contributed by atoms with Crippen LogP contribution in [0, 0.1) is 6.92 Å². The summed E-state index contributed by atoms with van der Waals surface area (Å²) in [5, 5.41) is 1.97. The van der Waals surface area contributed by atoms with Gasteiger partial charge in [-0.3, -0.25) is 9.69 Å². The highest BCUT2D eigenvalue weighted by Gasteiger charge is 2.50. The van der Waals surface area contributed by atoms with Crippen LogP contribution in [-0.2, 0) is 11.2 Å². The van der Waals surface area contributed by atoms with Crippen molar-refractivity contribution in [1.29, 1.82) is 0 Å². The van der Waals surface area contributed by atoms with Crippen molar-refractivity contribution in [3.8, 4) is 0 Å². The average Bonchev–Trinajstić information content (AvgIpc) is 3.34. The van der Waals surface area contributed by atoms with Gasteiger partial charge in [0.2, 0.25) is 0 Å². The van der Waals surface area contributed by atoms with Gasteiger partial charge < -0.3 is 9.64 Å². The van der Waals surface area contributed by atoms with E-state index in [1.807, 2.05) is 40.3 Å². The molecular weight excluding hydrogens is 360 g/mol. The van der Waals surface area contributed by atoms with Gasteiger partial charge in [0.25, 0.3) is 5.91 Å². The molecule has 2 fully saturated rings. The van der Waals surface area contributed by atoms with Crippen LogP contribution in [0.1, 0.15) is 45.2 Å². The van der Waals surface area contributed by atoms with Gasteiger partial charge in [0.05, 0.1) is 10.9 Å². The van der Waals surface area contributed by atoms with Crippen molar-refractivity contribution in [2.45, 2.75) is 44.4 Å². The molecule has 1 aromatic carbocycles. The highest BCUT2D eigenvalue weighted by atomic mass is 32.1. The molecule has 2 aliphatic heterocycles. The molecule has 0 radical (unpaired) electrons. The average molecular weight is 382 g/mol. The fraction of sp³-hybridized carbons (Fsp3) is 0.429. The molecule has 0 saturated carbocycles. The summed E-state index contributed by atoms with van der Waals surface area (Å²) in [5.41, 5.74) is 3.55. The molecule has 5 nitrogen and oxygen atoms in total. The van der Waals surface area contributed by atoms with Crippen molar-refractivity contribution in [3.05, 3.63) is 57.3 Å². The second-order valence-electron chi connectivity index (χ2n) is 7.63. The molecular formula is C21H22N2O3S. The number of likely N-dealkylation sites (tertiary alicyclic amines) is 1. The van der Waals surface area contributed by atoms with E-state index in [-0.39, 0.29) is 30.2 Å². The predicted octanol–water partition coefficient (Wildman–Crippen LogP) is 3.78. The first-order valence-corrected chi connectivity index (χ1v) is 10.4. The highest BCUT2D eigenvalue weighted by Crippen LogP contribution is 2.44. The fourth-order valence-corrected chi connectivity index (χ4v) is 5.63. The summed E-state index contributed by atoms with van der Waals surface area (Å²) < 4.78 is 5.69. The van der Waals surface area contributed by atoms with Gasteiger partial charge in [-0.05, 0) is 47.9 Å². The largest absolute Gasteiger partial charge is 0.443 e. The highest BCUT2D eigenvalue weighted by molar-refractivity contribution is 7.12. The smallest absolute Gasteiger partial charge is 0.411 e. The van der Waals surface area contributed by atoms with Crippen molar-refractivity contribution in [2.75, 3.05) is 13.1 Å². The first-order chi connectivity index (χ1) is 13.1. The lowest BCUT2D eigenvalue weighted by Crippen LogP contribution is -2.47. The Hall–Kier alpha value is -2.34. The monoisotopic (exact) mass is 382 g/mol. The van der Waals surface area contributed by atoms with E-state index >= 15 is 0 Å². The zero-order chi connectivity index (χ0) is 18.5. The number of benzene rings is 1. The molecule has 2 saturated heterocycles. The Labute approximate surface area is 162 Å². The number of amides is 2. The van der Waals surface area contributed by atoms with Gasteiger partial charge >= 0.3 is 6.09 Å². The van der Waals surface area contributed by atoms with Crippen LogP contribution < -0.4 is 0 Å². The van der Waals surface area contributed by atoms with E-state index in [0.29, 0.717) is 13.1 Å². The molecule has 2 aromatic rings. The molecule has 0 spiro atoms. The van der Waals surface area contributed by atoms with Gasteiger partial charge in [0.1, 0.15) is 6.10 Å². The van der Waals surface area contributed by atoms with E-state index in [1.165, 1.54) is 22.5 Å². The lowest BCUT2D eigenvalue weighted by molar-refractivity contribution is 0.0640. The molecule has 0 N–H and O–H groups in total. The minimum absolute atomic E-state index is 0.0282. The lowest BCUT2D eigenvalue weighted by Gasteiger charge is -2.37. The standard InChI is InChI=1S/C21H22N2O3S/c1-13-8-11-27-19(13)20(24)22-9-6-15(7-10-22)23-18-16-5-3-2-4-14(16)12-17(18)26-21(23)25/h2-5,8,11,15,17-18H,6-7,9-10,12H2,1H3. The number of ether oxygens (including phenoxy) is 1. The number of carbonyl (C=O) groups excluding carboxylic acids is 2. The predicted molar refractivity (Wildman–Crippen MR) is 103 cm³/mol. The molecule has 2 atom stereocenters. The van der Waals surface area contributed by atoms with Crippen molar-refractivity contribution >= 4 is 23.3 Å². The summed E-state index contributed by atoms with van der Waals surface area (Å²) in [6, 6.07) is 10.5. The van der Waals surface area contributed by atoms with Crippen LogP contribution in [0.25, 0.3) is 0 Å². The van der Waals surface area contributed by atoms with E-state index in [0.717, 1.165) is 29.7 Å². The van der Waals surface area contributed by atoms with Crippen LogP contribution in [0.5, 0.6) is 0 Å². The number of fused-ring (bicyclic) bond motifs is 3. The molecule has 6 heteroatoms. The zero-order valence-corrected chi connectivity index (χ0v) is 16.1. The zero-order valence-electron chi connectivity index (χ0n) is 15.3. The Morgan fingerprint density at radius 3 is 2.70 bits per heavy atom. The molecule has 27 heavy (non-hydrogen) atoms. The molecule has 0 bridgehead atoms. The van der Waals surface area contributed by atoms with Gasteiger partial charge in [-0.1, -0.05) is 24.3 Å². The molecule has 3 aliphatic rings. The summed E-state index contributed by atoms with van der Waals surface area (Å²) in [4.78, 5) is 30.0. The Balaban J connectivity index is 1.32. The third-order valence-electron chi connectivity index (χ3n) is 6.11. The van der Waals surface area contributed by atoms with Crippen LogP contribution in [0.3, 0.4) is 0 Å². The number of hydrogen-bond donors (Lipinski definition) is 0. The molecule has 2 unspecified atom stereocenters. The maximum Gasteiger partial charge on any atom is 0.411 e. The molecule has 140 valence electrons. The molecule has 1 aliphatic carbocycles. The number of piperidine rings is 1. The van der Waals surface area contributed by atoms with Crippen LogP contribution in [-0.4, -0.2) is 47.0 Å². The minimum atomic E-state index is -0.196. The first-order valence-electron chi connectivity index (χ1n) is 9.53.